The topological polar surface area (TPSA) is 23.5 Å². The van der Waals surface area contributed by atoms with E-state index in [0.717, 1.165) is 24.3 Å². The fourth-order valence-corrected chi connectivity index (χ4v) is 1.68. The molecule has 1 aromatic rings. The van der Waals surface area contributed by atoms with Crippen LogP contribution in [0.5, 0.6) is 5.75 Å². The maximum Gasteiger partial charge on any atom is 0.122 e. The number of hydrogen-bond donors (Lipinski definition) is 1. The third kappa shape index (κ3) is 2.32. The van der Waals surface area contributed by atoms with Gasteiger partial charge in [0.1, 0.15) is 5.75 Å². The van der Waals surface area contributed by atoms with Crippen LogP contribution in [0.4, 0.5) is 5.69 Å². The van der Waals surface area contributed by atoms with Gasteiger partial charge in [-0.2, -0.15) is 0 Å². The summed E-state index contributed by atoms with van der Waals surface area (Å²) in [5.41, 5.74) is 1.82. The van der Waals surface area contributed by atoms with Crippen molar-refractivity contribution in [3.05, 3.63) is 23.8 Å². The van der Waals surface area contributed by atoms with Crippen molar-refractivity contribution < 1.29 is 5.11 Å². The van der Waals surface area contributed by atoms with Crippen LogP contribution < -0.4 is 4.90 Å². The van der Waals surface area contributed by atoms with Gasteiger partial charge in [0, 0.05) is 30.4 Å². The molecule has 0 bridgehead atoms. The van der Waals surface area contributed by atoms with Gasteiger partial charge in [-0.1, -0.05) is 6.07 Å². The van der Waals surface area contributed by atoms with E-state index in [2.05, 4.69) is 18.7 Å². The third-order valence-corrected chi connectivity index (χ3v) is 2.63. The summed E-state index contributed by atoms with van der Waals surface area (Å²) < 4.78 is 0. The van der Waals surface area contributed by atoms with Gasteiger partial charge in [0.15, 0.2) is 0 Å². The fraction of sp³-hybridized carbons (Fsp3) is 0.455. The first-order valence-corrected chi connectivity index (χ1v) is 5.39. The van der Waals surface area contributed by atoms with Crippen molar-refractivity contribution in [2.75, 3.05) is 18.0 Å². The Bertz CT molecular complexity index is 297. The Morgan fingerprint density at radius 3 is 2.36 bits per heavy atom. The first-order chi connectivity index (χ1) is 6.72. The Morgan fingerprint density at radius 2 is 1.93 bits per heavy atom. The smallest absolute Gasteiger partial charge is 0.122 e. The molecule has 0 radical (unpaired) electrons. The summed E-state index contributed by atoms with van der Waals surface area (Å²) in [6, 6.07) is 5.63. The number of hydrogen-bond acceptors (Lipinski definition) is 2. The lowest BCUT2D eigenvalue weighted by molar-refractivity contribution is 0.470. The van der Waals surface area contributed by atoms with Crippen LogP contribution in [0.3, 0.4) is 0 Å². The lowest BCUT2D eigenvalue weighted by Gasteiger charge is -2.21. The van der Waals surface area contributed by atoms with E-state index in [1.54, 1.807) is 6.07 Å². The summed E-state index contributed by atoms with van der Waals surface area (Å²) in [5.74, 6) is 0.633. The number of rotatable bonds is 4. The minimum absolute atomic E-state index is 0.282. The van der Waals surface area contributed by atoms with E-state index in [0.29, 0.717) is 5.88 Å². The number of alkyl halides is 1. The average Bonchev–Trinajstić information content (AvgIpc) is 2.20. The average molecular weight is 214 g/mol. The molecular formula is C11H16ClNO. The Labute approximate surface area is 90.1 Å². The van der Waals surface area contributed by atoms with Crippen LogP contribution in [0.1, 0.15) is 19.4 Å². The number of halogens is 1. The predicted molar refractivity (Wildman–Crippen MR) is 61.2 cm³/mol. The molecule has 0 saturated heterocycles. The summed E-state index contributed by atoms with van der Waals surface area (Å²) in [6.45, 7) is 6.07. The van der Waals surface area contributed by atoms with Gasteiger partial charge in [-0.3, -0.25) is 0 Å². The van der Waals surface area contributed by atoms with Crippen molar-refractivity contribution in [2.45, 2.75) is 19.7 Å². The van der Waals surface area contributed by atoms with E-state index in [-0.39, 0.29) is 5.75 Å². The number of phenolic OH excluding ortho intramolecular Hbond substituents is 1. The number of benzene rings is 1. The first-order valence-electron chi connectivity index (χ1n) is 4.85. The molecule has 0 saturated carbocycles. The van der Waals surface area contributed by atoms with Crippen LogP contribution in [0, 0.1) is 0 Å². The second kappa shape index (κ2) is 5.11. The molecule has 3 heteroatoms. The molecule has 0 aromatic heterocycles. The molecule has 0 atom stereocenters. The van der Waals surface area contributed by atoms with Crippen LogP contribution in [0.2, 0.25) is 0 Å². The van der Waals surface area contributed by atoms with E-state index in [1.807, 2.05) is 12.1 Å². The van der Waals surface area contributed by atoms with E-state index in [9.17, 15) is 5.11 Å². The summed E-state index contributed by atoms with van der Waals surface area (Å²) >= 11 is 5.66. The Morgan fingerprint density at radius 1 is 1.29 bits per heavy atom. The number of phenols is 1. The molecule has 0 fully saturated rings. The standard InChI is InChI=1S/C11H16ClNO/c1-3-13(4-2)10-6-5-9(8-12)11(14)7-10/h5-7,14H,3-4,8H2,1-2H3. The Kier molecular flexibility index (Phi) is 4.08. The van der Waals surface area contributed by atoms with Crippen molar-refractivity contribution in [2.24, 2.45) is 0 Å². The summed E-state index contributed by atoms with van der Waals surface area (Å²) in [4.78, 5) is 2.18. The summed E-state index contributed by atoms with van der Waals surface area (Å²) in [5, 5.41) is 9.62. The van der Waals surface area contributed by atoms with Crippen molar-refractivity contribution in [3.63, 3.8) is 0 Å². The normalized spacial score (nSPS) is 10.2. The first kappa shape index (κ1) is 11.2. The van der Waals surface area contributed by atoms with Gasteiger partial charge in [0.05, 0.1) is 5.88 Å². The SMILES string of the molecule is CCN(CC)c1ccc(CCl)c(O)c1. The maximum atomic E-state index is 9.62. The van der Waals surface area contributed by atoms with Crippen LogP contribution in [-0.2, 0) is 5.88 Å². The molecule has 1 N–H and O–H groups in total. The molecule has 0 aliphatic heterocycles. The third-order valence-electron chi connectivity index (χ3n) is 2.34. The highest BCUT2D eigenvalue weighted by Crippen LogP contribution is 2.25. The number of nitrogens with zero attached hydrogens (tertiary/aromatic N) is 1. The van der Waals surface area contributed by atoms with E-state index < -0.39 is 0 Å². The maximum absolute atomic E-state index is 9.62. The predicted octanol–water partition coefficient (Wildman–Crippen LogP) is 2.98. The Hall–Kier alpha value is -0.890. The van der Waals surface area contributed by atoms with Crippen LogP contribution in [-0.4, -0.2) is 18.2 Å². The highest BCUT2D eigenvalue weighted by atomic mass is 35.5. The highest BCUT2D eigenvalue weighted by molar-refractivity contribution is 6.17. The molecule has 0 amide bonds. The van der Waals surface area contributed by atoms with Crippen molar-refractivity contribution in [1.82, 2.24) is 0 Å². The largest absolute Gasteiger partial charge is 0.508 e. The zero-order chi connectivity index (χ0) is 10.6. The molecule has 0 unspecified atom stereocenters. The van der Waals surface area contributed by atoms with E-state index in [4.69, 9.17) is 11.6 Å². The van der Waals surface area contributed by atoms with Crippen molar-refractivity contribution in [1.29, 1.82) is 0 Å². The molecular weight excluding hydrogens is 198 g/mol. The van der Waals surface area contributed by atoms with Gasteiger partial charge in [0.25, 0.3) is 0 Å². The molecule has 14 heavy (non-hydrogen) atoms. The Balaban J connectivity index is 2.95. The van der Waals surface area contributed by atoms with Gasteiger partial charge in [-0.05, 0) is 19.9 Å². The molecule has 0 heterocycles. The molecule has 2 nitrogen and oxygen atoms in total. The number of anilines is 1. The van der Waals surface area contributed by atoms with E-state index in [1.165, 1.54) is 0 Å². The van der Waals surface area contributed by atoms with Crippen LogP contribution in [0.15, 0.2) is 18.2 Å². The molecule has 1 aromatic carbocycles. The fourth-order valence-electron chi connectivity index (χ4n) is 1.45. The molecule has 1 rings (SSSR count). The minimum Gasteiger partial charge on any atom is -0.508 e. The second-order valence-corrected chi connectivity index (χ2v) is 3.39. The van der Waals surface area contributed by atoms with Gasteiger partial charge >= 0.3 is 0 Å². The van der Waals surface area contributed by atoms with Gasteiger partial charge in [-0.15, -0.1) is 11.6 Å². The quantitative estimate of drug-likeness (QED) is 0.778. The molecule has 0 spiro atoms. The lowest BCUT2D eigenvalue weighted by atomic mass is 10.2. The van der Waals surface area contributed by atoms with Crippen LogP contribution in [0.25, 0.3) is 0 Å². The molecule has 0 aliphatic rings. The van der Waals surface area contributed by atoms with Gasteiger partial charge in [0.2, 0.25) is 0 Å². The minimum atomic E-state index is 0.282. The highest BCUT2D eigenvalue weighted by Gasteiger charge is 2.05. The summed E-state index contributed by atoms with van der Waals surface area (Å²) in [7, 11) is 0. The van der Waals surface area contributed by atoms with Gasteiger partial charge < -0.3 is 10.0 Å². The second-order valence-electron chi connectivity index (χ2n) is 3.12. The summed E-state index contributed by atoms with van der Waals surface area (Å²) in [6.07, 6.45) is 0. The molecule has 78 valence electrons. The van der Waals surface area contributed by atoms with Gasteiger partial charge in [-0.25, -0.2) is 0 Å². The van der Waals surface area contributed by atoms with E-state index >= 15 is 0 Å². The van der Waals surface area contributed by atoms with Crippen molar-refractivity contribution >= 4 is 17.3 Å². The molecule has 0 aliphatic carbocycles. The number of aromatic hydroxyl groups is 1. The zero-order valence-corrected chi connectivity index (χ0v) is 9.38. The lowest BCUT2D eigenvalue weighted by Crippen LogP contribution is -2.21. The monoisotopic (exact) mass is 213 g/mol. The zero-order valence-electron chi connectivity index (χ0n) is 8.63. The van der Waals surface area contributed by atoms with Crippen molar-refractivity contribution in [3.8, 4) is 5.75 Å². The van der Waals surface area contributed by atoms with Crippen LogP contribution >= 0.6 is 11.6 Å².